The van der Waals surface area contributed by atoms with E-state index in [0.717, 1.165) is 42.0 Å². The minimum Gasteiger partial charge on any atom is -0.388 e. The van der Waals surface area contributed by atoms with E-state index in [9.17, 15) is 13.9 Å². The zero-order valence-corrected chi connectivity index (χ0v) is 10.3. The molecule has 3 rings (SSSR count). The van der Waals surface area contributed by atoms with Crippen LogP contribution in [0, 0.1) is 11.6 Å². The Kier molecular flexibility index (Phi) is 2.87. The van der Waals surface area contributed by atoms with E-state index in [2.05, 4.69) is 4.98 Å². The highest BCUT2D eigenvalue weighted by Gasteiger charge is 2.23. The molecule has 0 saturated heterocycles. The lowest BCUT2D eigenvalue weighted by molar-refractivity contribution is 0.160. The maximum Gasteiger partial charge on any atom is 0.159 e. The van der Waals surface area contributed by atoms with Crippen molar-refractivity contribution in [3.05, 3.63) is 40.4 Å². The summed E-state index contributed by atoms with van der Waals surface area (Å²) in [5, 5.41) is 10.5. The third-order valence-electron chi connectivity index (χ3n) is 3.09. The molecule has 0 spiro atoms. The van der Waals surface area contributed by atoms with Gasteiger partial charge in [0.1, 0.15) is 5.01 Å². The molecule has 2 nitrogen and oxygen atoms in total. The number of aryl methyl sites for hydroxylation is 1. The van der Waals surface area contributed by atoms with E-state index in [1.807, 2.05) is 0 Å². The summed E-state index contributed by atoms with van der Waals surface area (Å²) < 4.78 is 26.0. The number of aliphatic hydroxyl groups is 1. The van der Waals surface area contributed by atoms with Crippen molar-refractivity contribution in [2.75, 3.05) is 0 Å². The highest BCUT2D eigenvalue weighted by molar-refractivity contribution is 7.15. The molecule has 0 fully saturated rings. The lowest BCUT2D eigenvalue weighted by Gasteiger charge is -2.14. The first-order valence-corrected chi connectivity index (χ1v) is 6.60. The number of nitrogens with zero attached hydrogens (tertiary/aromatic N) is 1. The molecule has 1 unspecified atom stereocenters. The van der Waals surface area contributed by atoms with Crippen LogP contribution in [0.5, 0.6) is 0 Å². The SMILES string of the molecule is OC1CCCc2nc(-c3ccc(F)c(F)c3)sc21. The van der Waals surface area contributed by atoms with Crippen LogP contribution in [0.2, 0.25) is 0 Å². The van der Waals surface area contributed by atoms with Gasteiger partial charge < -0.3 is 5.11 Å². The van der Waals surface area contributed by atoms with Gasteiger partial charge in [-0.25, -0.2) is 13.8 Å². The lowest BCUT2D eigenvalue weighted by Crippen LogP contribution is -2.06. The summed E-state index contributed by atoms with van der Waals surface area (Å²) in [5.41, 5.74) is 1.44. The smallest absolute Gasteiger partial charge is 0.159 e. The molecule has 18 heavy (non-hydrogen) atoms. The highest BCUT2D eigenvalue weighted by atomic mass is 32.1. The van der Waals surface area contributed by atoms with Crippen molar-refractivity contribution in [1.82, 2.24) is 4.98 Å². The molecule has 1 N–H and O–H groups in total. The molecule has 0 radical (unpaired) electrons. The summed E-state index contributed by atoms with van der Waals surface area (Å²) in [6.45, 7) is 0. The molecule has 1 aliphatic rings. The molecule has 0 saturated carbocycles. The number of halogens is 2. The fourth-order valence-electron chi connectivity index (χ4n) is 2.15. The summed E-state index contributed by atoms with van der Waals surface area (Å²) in [5.74, 6) is -1.73. The second kappa shape index (κ2) is 4.40. The molecule has 1 aromatic carbocycles. The van der Waals surface area contributed by atoms with E-state index in [4.69, 9.17) is 0 Å². The molecule has 1 aromatic heterocycles. The Bertz CT molecular complexity index is 597. The first-order chi connectivity index (χ1) is 8.65. The van der Waals surface area contributed by atoms with Crippen LogP contribution >= 0.6 is 11.3 Å². The predicted octanol–water partition coefficient (Wildman–Crippen LogP) is 3.46. The van der Waals surface area contributed by atoms with E-state index in [1.165, 1.54) is 17.4 Å². The zero-order valence-electron chi connectivity index (χ0n) is 9.49. The highest BCUT2D eigenvalue weighted by Crippen LogP contribution is 2.37. The van der Waals surface area contributed by atoms with Crippen LogP contribution in [-0.2, 0) is 6.42 Å². The van der Waals surface area contributed by atoms with Crippen molar-refractivity contribution in [3.63, 3.8) is 0 Å². The van der Waals surface area contributed by atoms with E-state index in [0.29, 0.717) is 10.6 Å². The quantitative estimate of drug-likeness (QED) is 0.858. The third kappa shape index (κ3) is 1.93. The third-order valence-corrected chi connectivity index (χ3v) is 4.34. The second-order valence-electron chi connectivity index (χ2n) is 4.37. The summed E-state index contributed by atoms with van der Waals surface area (Å²) in [6.07, 6.45) is 2.03. The standard InChI is InChI=1S/C13H11F2NOS/c14-8-5-4-7(6-9(8)15)13-16-10-2-1-3-11(17)12(10)18-13/h4-6,11,17H,1-3H2. The number of hydrogen-bond donors (Lipinski definition) is 1. The lowest BCUT2D eigenvalue weighted by atomic mass is 10.0. The van der Waals surface area contributed by atoms with Crippen molar-refractivity contribution in [3.8, 4) is 10.6 Å². The van der Waals surface area contributed by atoms with Gasteiger partial charge in [-0.05, 0) is 37.5 Å². The largest absolute Gasteiger partial charge is 0.388 e. The van der Waals surface area contributed by atoms with Gasteiger partial charge in [-0.2, -0.15) is 0 Å². The first-order valence-electron chi connectivity index (χ1n) is 5.78. The molecule has 5 heteroatoms. The summed E-state index contributed by atoms with van der Waals surface area (Å²) in [7, 11) is 0. The molecule has 94 valence electrons. The Morgan fingerprint density at radius 3 is 2.83 bits per heavy atom. The molecule has 2 aromatic rings. The normalized spacial score (nSPS) is 18.7. The first kappa shape index (κ1) is 11.7. The fourth-order valence-corrected chi connectivity index (χ4v) is 3.28. The summed E-state index contributed by atoms with van der Waals surface area (Å²) in [4.78, 5) is 5.27. The van der Waals surface area contributed by atoms with Crippen molar-refractivity contribution in [1.29, 1.82) is 0 Å². The van der Waals surface area contributed by atoms with Gasteiger partial charge in [0.15, 0.2) is 11.6 Å². The number of rotatable bonds is 1. The monoisotopic (exact) mass is 267 g/mol. The Morgan fingerprint density at radius 1 is 1.28 bits per heavy atom. The average Bonchev–Trinajstić information content (AvgIpc) is 2.78. The number of aromatic nitrogens is 1. The van der Waals surface area contributed by atoms with Crippen LogP contribution in [0.15, 0.2) is 18.2 Å². The minimum atomic E-state index is -0.874. The molecule has 0 amide bonds. The van der Waals surface area contributed by atoms with Crippen LogP contribution in [0.4, 0.5) is 8.78 Å². The Labute approximate surface area is 107 Å². The van der Waals surface area contributed by atoms with E-state index in [1.54, 1.807) is 0 Å². The Morgan fingerprint density at radius 2 is 2.11 bits per heavy atom. The summed E-state index contributed by atoms with van der Waals surface area (Å²) >= 11 is 1.36. The molecular formula is C13H11F2NOS. The van der Waals surface area contributed by atoms with Gasteiger partial charge in [0, 0.05) is 5.56 Å². The molecular weight excluding hydrogens is 256 g/mol. The van der Waals surface area contributed by atoms with Gasteiger partial charge in [-0.15, -0.1) is 11.3 Å². The molecule has 0 bridgehead atoms. The second-order valence-corrected chi connectivity index (χ2v) is 5.40. The predicted molar refractivity (Wildman–Crippen MR) is 65.4 cm³/mol. The molecule has 1 heterocycles. The van der Waals surface area contributed by atoms with E-state index < -0.39 is 17.7 Å². The Hall–Kier alpha value is -1.33. The van der Waals surface area contributed by atoms with Gasteiger partial charge in [-0.3, -0.25) is 0 Å². The summed E-state index contributed by atoms with van der Waals surface area (Å²) in [6, 6.07) is 3.75. The van der Waals surface area contributed by atoms with Crippen LogP contribution in [0.1, 0.15) is 29.5 Å². The van der Waals surface area contributed by atoms with Gasteiger partial charge >= 0.3 is 0 Å². The van der Waals surface area contributed by atoms with Crippen LogP contribution in [-0.4, -0.2) is 10.1 Å². The van der Waals surface area contributed by atoms with Crippen molar-refractivity contribution in [2.24, 2.45) is 0 Å². The number of thiazole rings is 1. The minimum absolute atomic E-state index is 0.467. The maximum absolute atomic E-state index is 13.2. The van der Waals surface area contributed by atoms with Crippen LogP contribution < -0.4 is 0 Å². The Balaban J connectivity index is 2.04. The van der Waals surface area contributed by atoms with Crippen molar-refractivity contribution >= 4 is 11.3 Å². The molecule has 1 aliphatic carbocycles. The molecule has 1 atom stereocenters. The number of aliphatic hydroxyl groups excluding tert-OH is 1. The van der Waals surface area contributed by atoms with Crippen molar-refractivity contribution < 1.29 is 13.9 Å². The van der Waals surface area contributed by atoms with E-state index >= 15 is 0 Å². The fraction of sp³-hybridized carbons (Fsp3) is 0.308. The van der Waals surface area contributed by atoms with E-state index in [-0.39, 0.29) is 0 Å². The van der Waals surface area contributed by atoms with Gasteiger partial charge in [-0.1, -0.05) is 0 Å². The van der Waals surface area contributed by atoms with Crippen molar-refractivity contribution in [2.45, 2.75) is 25.4 Å². The van der Waals surface area contributed by atoms with Gasteiger partial charge in [0.25, 0.3) is 0 Å². The molecule has 0 aliphatic heterocycles. The number of benzene rings is 1. The maximum atomic E-state index is 13.2. The van der Waals surface area contributed by atoms with Gasteiger partial charge in [0.05, 0.1) is 16.7 Å². The topological polar surface area (TPSA) is 33.1 Å². The number of hydrogen-bond acceptors (Lipinski definition) is 3. The van der Waals surface area contributed by atoms with Crippen LogP contribution in [0.3, 0.4) is 0 Å². The zero-order chi connectivity index (χ0) is 12.7. The average molecular weight is 267 g/mol. The number of fused-ring (bicyclic) bond motifs is 1. The van der Waals surface area contributed by atoms with Gasteiger partial charge in [0.2, 0.25) is 0 Å². The van der Waals surface area contributed by atoms with Crippen LogP contribution in [0.25, 0.3) is 10.6 Å².